The Balaban J connectivity index is 2.59. The quantitative estimate of drug-likeness (QED) is 0.650. The number of aromatic nitrogens is 2. The summed E-state index contributed by atoms with van der Waals surface area (Å²) in [5.41, 5.74) is -0.175. The normalized spacial score (nSPS) is 10.4. The minimum absolute atomic E-state index is 0.0754. The van der Waals surface area contributed by atoms with Crippen LogP contribution in [0.2, 0.25) is 0 Å². The summed E-state index contributed by atoms with van der Waals surface area (Å²) in [5.74, 6) is 1.27. The van der Waals surface area contributed by atoms with E-state index >= 15 is 0 Å². The third kappa shape index (κ3) is 4.67. The molecule has 0 unspecified atom stereocenters. The summed E-state index contributed by atoms with van der Waals surface area (Å²) in [6, 6.07) is 1.40. The van der Waals surface area contributed by atoms with Crippen molar-refractivity contribution in [2.24, 2.45) is 0 Å². The lowest BCUT2D eigenvalue weighted by molar-refractivity contribution is -0.118. The molecule has 6 nitrogen and oxygen atoms in total. The average Bonchev–Trinajstić information content (AvgIpc) is 2.23. The van der Waals surface area contributed by atoms with Crippen LogP contribution in [0.5, 0.6) is 0 Å². The van der Waals surface area contributed by atoms with Gasteiger partial charge in [-0.15, -0.1) is 0 Å². The van der Waals surface area contributed by atoms with E-state index in [0.717, 1.165) is 0 Å². The van der Waals surface area contributed by atoms with Crippen LogP contribution in [0.15, 0.2) is 10.9 Å². The van der Waals surface area contributed by atoms with Crippen LogP contribution >= 0.6 is 0 Å². The fourth-order valence-electron chi connectivity index (χ4n) is 1.27. The monoisotopic (exact) mass is 238 g/mol. The topological polar surface area (TPSA) is 86.9 Å². The zero-order chi connectivity index (χ0) is 12.8. The summed E-state index contributed by atoms with van der Waals surface area (Å²) in [6.45, 7) is 6.41. The maximum Gasteiger partial charge on any atom is 0.252 e. The summed E-state index contributed by atoms with van der Waals surface area (Å²) in [7, 11) is 0. The lowest BCUT2D eigenvalue weighted by Crippen LogP contribution is -2.27. The van der Waals surface area contributed by atoms with E-state index < -0.39 is 0 Å². The zero-order valence-corrected chi connectivity index (χ0v) is 10.3. The van der Waals surface area contributed by atoms with E-state index in [1.165, 1.54) is 13.0 Å². The van der Waals surface area contributed by atoms with Gasteiger partial charge in [0.2, 0.25) is 5.91 Å². The van der Waals surface area contributed by atoms with Crippen molar-refractivity contribution in [3.63, 3.8) is 0 Å². The van der Waals surface area contributed by atoms with Crippen molar-refractivity contribution in [1.82, 2.24) is 15.3 Å². The molecule has 1 rings (SSSR count). The number of aromatic amines is 1. The summed E-state index contributed by atoms with van der Waals surface area (Å²) in [4.78, 5) is 28.9. The van der Waals surface area contributed by atoms with E-state index in [1.54, 1.807) is 0 Å². The van der Waals surface area contributed by atoms with Gasteiger partial charge in [-0.1, -0.05) is 13.8 Å². The van der Waals surface area contributed by atoms with Crippen molar-refractivity contribution in [3.05, 3.63) is 22.2 Å². The second kappa shape index (κ2) is 6.03. The largest absolute Gasteiger partial charge is 0.368 e. The highest BCUT2D eigenvalue weighted by molar-refractivity contribution is 5.72. The van der Waals surface area contributed by atoms with Crippen molar-refractivity contribution in [1.29, 1.82) is 0 Å². The Labute approximate surface area is 99.8 Å². The number of amides is 1. The molecule has 0 saturated heterocycles. The number of anilines is 1. The highest BCUT2D eigenvalue weighted by Crippen LogP contribution is 2.08. The van der Waals surface area contributed by atoms with E-state index in [2.05, 4.69) is 20.6 Å². The maximum absolute atomic E-state index is 11.4. The molecule has 1 amide bonds. The van der Waals surface area contributed by atoms with Crippen LogP contribution in [0.4, 0.5) is 5.82 Å². The van der Waals surface area contributed by atoms with Gasteiger partial charge in [0.1, 0.15) is 11.6 Å². The fraction of sp³-hybridized carbons (Fsp3) is 0.545. The van der Waals surface area contributed by atoms with Gasteiger partial charge in [-0.2, -0.15) is 0 Å². The molecule has 1 heterocycles. The van der Waals surface area contributed by atoms with Crippen LogP contribution in [0.1, 0.15) is 32.5 Å². The molecule has 0 aliphatic heterocycles. The van der Waals surface area contributed by atoms with Gasteiger partial charge in [-0.3, -0.25) is 9.59 Å². The average molecular weight is 238 g/mol. The number of rotatable bonds is 5. The summed E-state index contributed by atoms with van der Waals surface area (Å²) < 4.78 is 0. The molecule has 0 aliphatic rings. The minimum atomic E-state index is -0.175. The van der Waals surface area contributed by atoms with E-state index in [1.807, 2.05) is 13.8 Å². The Morgan fingerprint density at radius 2 is 2.18 bits per heavy atom. The van der Waals surface area contributed by atoms with Gasteiger partial charge in [0.15, 0.2) is 0 Å². The molecule has 1 aromatic heterocycles. The van der Waals surface area contributed by atoms with Crippen molar-refractivity contribution in [3.8, 4) is 0 Å². The summed E-state index contributed by atoms with van der Waals surface area (Å²) in [6.07, 6.45) is 0. The predicted octanol–water partition coefficient (Wildman–Crippen LogP) is 0.441. The van der Waals surface area contributed by atoms with Gasteiger partial charge in [-0.05, 0) is 0 Å². The lowest BCUT2D eigenvalue weighted by atomic mass is 10.2. The predicted molar refractivity (Wildman–Crippen MR) is 66.1 cm³/mol. The molecule has 17 heavy (non-hydrogen) atoms. The zero-order valence-electron chi connectivity index (χ0n) is 10.3. The van der Waals surface area contributed by atoms with E-state index in [9.17, 15) is 9.59 Å². The molecule has 0 atom stereocenters. The molecule has 0 radical (unpaired) electrons. The second-order valence-electron chi connectivity index (χ2n) is 4.08. The highest BCUT2D eigenvalue weighted by Gasteiger charge is 2.04. The first-order valence-electron chi connectivity index (χ1n) is 5.58. The minimum Gasteiger partial charge on any atom is -0.368 e. The molecule has 0 spiro atoms. The van der Waals surface area contributed by atoms with Crippen LogP contribution < -0.4 is 16.2 Å². The Hall–Kier alpha value is -1.85. The molecule has 1 aromatic rings. The van der Waals surface area contributed by atoms with Crippen molar-refractivity contribution >= 4 is 11.7 Å². The molecular formula is C11H18N4O2. The first-order chi connectivity index (χ1) is 7.99. The summed E-state index contributed by atoms with van der Waals surface area (Å²) >= 11 is 0. The second-order valence-corrected chi connectivity index (χ2v) is 4.08. The molecule has 0 aliphatic carbocycles. The molecule has 0 saturated carbocycles. The van der Waals surface area contributed by atoms with E-state index in [4.69, 9.17) is 0 Å². The Kier molecular flexibility index (Phi) is 4.68. The number of carbonyl (C=O) groups excluding carboxylic acids is 1. The molecule has 0 fully saturated rings. The molecular weight excluding hydrogens is 220 g/mol. The molecule has 0 bridgehead atoms. The van der Waals surface area contributed by atoms with Crippen molar-refractivity contribution < 1.29 is 4.79 Å². The third-order valence-corrected chi connectivity index (χ3v) is 2.11. The first-order valence-corrected chi connectivity index (χ1v) is 5.58. The first kappa shape index (κ1) is 13.2. The van der Waals surface area contributed by atoms with Gasteiger partial charge in [0.25, 0.3) is 5.56 Å². The Bertz CT molecular complexity index is 439. The molecule has 0 aromatic carbocycles. The number of hydrogen-bond acceptors (Lipinski definition) is 4. The maximum atomic E-state index is 11.4. The van der Waals surface area contributed by atoms with E-state index in [0.29, 0.717) is 24.7 Å². The number of nitrogens with zero attached hydrogens (tertiary/aromatic N) is 1. The smallest absolute Gasteiger partial charge is 0.252 e. The lowest BCUT2D eigenvalue weighted by Gasteiger charge is -2.09. The highest BCUT2D eigenvalue weighted by atomic mass is 16.1. The van der Waals surface area contributed by atoms with Gasteiger partial charge in [-0.25, -0.2) is 4.98 Å². The van der Waals surface area contributed by atoms with Crippen molar-refractivity contribution in [2.75, 3.05) is 18.4 Å². The van der Waals surface area contributed by atoms with Crippen LogP contribution in [-0.4, -0.2) is 29.0 Å². The molecule has 94 valence electrons. The third-order valence-electron chi connectivity index (χ3n) is 2.11. The van der Waals surface area contributed by atoms with Gasteiger partial charge in [0, 0.05) is 32.0 Å². The van der Waals surface area contributed by atoms with Gasteiger partial charge >= 0.3 is 0 Å². The van der Waals surface area contributed by atoms with Crippen LogP contribution in [0.25, 0.3) is 0 Å². The molecule has 6 heteroatoms. The standard InChI is InChI=1S/C11H18N4O2/c1-7(2)11-14-9(6-10(17)15-11)13-5-4-12-8(3)16/h6-7H,4-5H2,1-3H3,(H,12,16)(H2,13,14,15,17). The van der Waals surface area contributed by atoms with Gasteiger partial charge < -0.3 is 15.6 Å². The van der Waals surface area contributed by atoms with Crippen LogP contribution in [0.3, 0.4) is 0 Å². The van der Waals surface area contributed by atoms with Gasteiger partial charge in [0.05, 0.1) is 0 Å². The van der Waals surface area contributed by atoms with Crippen LogP contribution in [-0.2, 0) is 4.79 Å². The summed E-state index contributed by atoms with van der Waals surface area (Å²) in [5, 5.41) is 5.64. The Morgan fingerprint density at radius 3 is 2.76 bits per heavy atom. The number of hydrogen-bond donors (Lipinski definition) is 3. The number of nitrogens with one attached hydrogen (secondary N) is 3. The molecule has 3 N–H and O–H groups in total. The van der Waals surface area contributed by atoms with Crippen LogP contribution in [0, 0.1) is 0 Å². The SMILES string of the molecule is CC(=O)NCCNc1cc(=O)[nH]c(C(C)C)n1. The number of carbonyl (C=O) groups is 1. The van der Waals surface area contributed by atoms with E-state index in [-0.39, 0.29) is 17.4 Å². The number of H-pyrrole nitrogens is 1. The Morgan fingerprint density at radius 1 is 1.47 bits per heavy atom. The van der Waals surface area contributed by atoms with Crippen molar-refractivity contribution in [2.45, 2.75) is 26.7 Å². The fourth-order valence-corrected chi connectivity index (χ4v) is 1.27.